The zero-order valence-corrected chi connectivity index (χ0v) is 21.9. The normalized spacial score (nSPS) is 14.2. The predicted molar refractivity (Wildman–Crippen MR) is 131 cm³/mol. The van der Waals surface area contributed by atoms with Crippen molar-refractivity contribution < 1.29 is 23.6 Å². The summed E-state index contributed by atoms with van der Waals surface area (Å²) in [5, 5.41) is 0. The number of ether oxygens (including phenoxy) is 2. The monoisotopic (exact) mass is 577 g/mol. The number of anilines is 1. The van der Waals surface area contributed by atoms with E-state index in [2.05, 4.69) is 64.1 Å². The first kappa shape index (κ1) is 23.5. The number of carbonyl (C=O) groups is 2. The maximum atomic E-state index is 11.7. The molecule has 3 aromatic rings. The van der Waals surface area contributed by atoms with Gasteiger partial charge in [-0.1, -0.05) is 0 Å². The van der Waals surface area contributed by atoms with Crippen LogP contribution in [0.3, 0.4) is 0 Å². The fourth-order valence-corrected chi connectivity index (χ4v) is 8.26. The Kier molecular flexibility index (Phi) is 7.84. The molecule has 0 radical (unpaired) electrons. The van der Waals surface area contributed by atoms with Gasteiger partial charge < -0.3 is 0 Å². The molecule has 1 aromatic heterocycles. The van der Waals surface area contributed by atoms with Gasteiger partial charge in [-0.2, -0.15) is 0 Å². The molecule has 8 heteroatoms. The van der Waals surface area contributed by atoms with Gasteiger partial charge in [0.05, 0.1) is 0 Å². The zero-order valence-electron chi connectivity index (χ0n) is 18.5. The van der Waals surface area contributed by atoms with Gasteiger partial charge in [-0.25, -0.2) is 0 Å². The van der Waals surface area contributed by atoms with Gasteiger partial charge in [0, 0.05) is 0 Å². The summed E-state index contributed by atoms with van der Waals surface area (Å²) in [5.74, 6) is -0.407. The standard InChI is InChI=1S/C25H25N2O4Se2/c1-30-24(28)14-16-26-18-8-3-5-10-20(18)32-22(26)12-7-13-23-27(17-15-25(29)31-2)19-9-4-6-11-21(19)33-23/h3-13H,14-17H2,1-2H3/q+1. The van der Waals surface area contributed by atoms with Gasteiger partial charge in [-0.05, 0) is 0 Å². The molecular formula is C25H25N2O4Se2+. The van der Waals surface area contributed by atoms with Crippen LogP contribution in [-0.4, -0.2) is 62.2 Å². The molecule has 2 aromatic carbocycles. The molecule has 0 saturated carbocycles. The summed E-state index contributed by atoms with van der Waals surface area (Å²) < 4.78 is 17.0. The Bertz CT molecular complexity index is 1230. The first-order chi connectivity index (χ1) is 16.1. The van der Waals surface area contributed by atoms with Crippen molar-refractivity contribution >= 4 is 67.4 Å². The Balaban J connectivity index is 1.60. The van der Waals surface area contributed by atoms with Crippen LogP contribution in [0.5, 0.6) is 0 Å². The van der Waals surface area contributed by atoms with Crippen molar-refractivity contribution in [3.8, 4) is 0 Å². The summed E-state index contributed by atoms with van der Waals surface area (Å²) >= 11 is 0.353. The number of methoxy groups -OCH3 is 2. The van der Waals surface area contributed by atoms with Crippen molar-refractivity contribution in [2.24, 2.45) is 0 Å². The van der Waals surface area contributed by atoms with Crippen LogP contribution in [0.15, 0.2) is 65.3 Å². The Morgan fingerprint density at radius 1 is 1.00 bits per heavy atom. The van der Waals surface area contributed by atoms with Crippen LogP contribution in [0.1, 0.15) is 17.4 Å². The average molecular weight is 575 g/mol. The van der Waals surface area contributed by atoms with Gasteiger partial charge >= 0.3 is 206 Å². The van der Waals surface area contributed by atoms with Crippen LogP contribution in [0.4, 0.5) is 5.69 Å². The van der Waals surface area contributed by atoms with Crippen molar-refractivity contribution in [3.63, 3.8) is 0 Å². The molecule has 0 bridgehead atoms. The molecule has 6 nitrogen and oxygen atoms in total. The molecule has 170 valence electrons. The topological polar surface area (TPSA) is 59.7 Å². The Morgan fingerprint density at radius 3 is 2.55 bits per heavy atom. The zero-order chi connectivity index (χ0) is 23.2. The van der Waals surface area contributed by atoms with Crippen LogP contribution in [0, 0.1) is 0 Å². The Morgan fingerprint density at radius 2 is 1.73 bits per heavy atom. The van der Waals surface area contributed by atoms with Crippen molar-refractivity contribution in [1.29, 1.82) is 0 Å². The van der Waals surface area contributed by atoms with E-state index in [1.807, 2.05) is 12.1 Å². The number of benzene rings is 2. The summed E-state index contributed by atoms with van der Waals surface area (Å²) in [6, 6.07) is 16.7. The number of para-hydroxylation sites is 2. The van der Waals surface area contributed by atoms with E-state index in [0.29, 0.717) is 25.9 Å². The van der Waals surface area contributed by atoms with Crippen LogP contribution < -0.4 is 13.9 Å². The molecule has 0 aliphatic carbocycles. The minimum absolute atomic E-state index is 0.177. The fourth-order valence-electron chi connectivity index (χ4n) is 3.64. The third-order valence-electron chi connectivity index (χ3n) is 5.29. The second-order valence-corrected chi connectivity index (χ2v) is 11.8. The summed E-state index contributed by atoms with van der Waals surface area (Å²) in [7, 11) is 2.85. The molecule has 33 heavy (non-hydrogen) atoms. The first-order valence-electron chi connectivity index (χ1n) is 10.6. The number of nitrogens with zero attached hydrogens (tertiary/aromatic N) is 2. The molecule has 0 N–H and O–H groups in total. The molecule has 0 atom stereocenters. The van der Waals surface area contributed by atoms with E-state index in [1.165, 1.54) is 43.3 Å². The second-order valence-electron chi connectivity index (χ2n) is 7.30. The number of hydrogen-bond donors (Lipinski definition) is 0. The first-order valence-corrected chi connectivity index (χ1v) is 14.0. The van der Waals surface area contributed by atoms with E-state index in [-0.39, 0.29) is 41.4 Å². The fraction of sp³-hybridized carbons (Fsp3) is 0.240. The minimum atomic E-state index is -0.204. The number of carbonyl (C=O) groups excluding carboxylic acids is 2. The summed E-state index contributed by atoms with van der Waals surface area (Å²) in [6.07, 6.45) is 7.10. The van der Waals surface area contributed by atoms with E-state index in [0.717, 1.165) is 0 Å². The number of allylic oxidation sites excluding steroid dienone is 2. The Hall–Kier alpha value is -2.63. The molecule has 0 amide bonds. The Labute approximate surface area is 205 Å². The van der Waals surface area contributed by atoms with Crippen LogP contribution in [-0.2, 0) is 25.6 Å². The number of hydrogen-bond acceptors (Lipinski definition) is 5. The van der Waals surface area contributed by atoms with Crippen LogP contribution >= 0.6 is 0 Å². The molecule has 4 rings (SSSR count). The molecule has 0 saturated heterocycles. The molecule has 2 heterocycles. The molecule has 0 spiro atoms. The van der Waals surface area contributed by atoms with Gasteiger partial charge in [0.2, 0.25) is 0 Å². The van der Waals surface area contributed by atoms with Crippen LogP contribution in [0.25, 0.3) is 15.9 Å². The summed E-state index contributed by atoms with van der Waals surface area (Å²) in [5.41, 5.74) is 2.34. The number of aryl methyl sites for hydroxylation is 1. The van der Waals surface area contributed by atoms with Crippen molar-refractivity contribution in [2.45, 2.75) is 19.4 Å². The van der Waals surface area contributed by atoms with E-state index < -0.39 is 0 Å². The molecule has 0 fully saturated rings. The molecule has 1 aliphatic rings. The summed E-state index contributed by atoms with van der Waals surface area (Å²) in [4.78, 5) is 25.7. The number of esters is 2. The predicted octanol–water partition coefficient (Wildman–Crippen LogP) is 2.01. The molecular weight excluding hydrogens is 550 g/mol. The number of rotatable bonds is 8. The second kappa shape index (κ2) is 11.0. The van der Waals surface area contributed by atoms with E-state index in [9.17, 15) is 9.59 Å². The SMILES string of the molecule is COC(=O)CCN1/C(=C\C=C\c2[se]c3ccccc3[n+]2CCC(=O)OC)[Se]c2ccccc21. The van der Waals surface area contributed by atoms with Gasteiger partial charge in [0.25, 0.3) is 0 Å². The third-order valence-corrected chi connectivity index (χ3v) is 10.0. The van der Waals surface area contributed by atoms with E-state index in [4.69, 9.17) is 9.47 Å². The van der Waals surface area contributed by atoms with Gasteiger partial charge in [-0.15, -0.1) is 0 Å². The number of aromatic nitrogens is 1. The maximum absolute atomic E-state index is 11.7. The van der Waals surface area contributed by atoms with Gasteiger partial charge in [-0.3, -0.25) is 0 Å². The quantitative estimate of drug-likeness (QED) is 0.234. The average Bonchev–Trinajstić information content (AvgIpc) is 3.38. The van der Waals surface area contributed by atoms with E-state index in [1.54, 1.807) is 0 Å². The van der Waals surface area contributed by atoms with Crippen molar-refractivity contribution in [2.75, 3.05) is 25.7 Å². The molecule has 1 aliphatic heterocycles. The number of fused-ring (bicyclic) bond motifs is 2. The molecule has 0 unspecified atom stereocenters. The summed E-state index contributed by atoms with van der Waals surface area (Å²) in [6.45, 7) is 1.20. The van der Waals surface area contributed by atoms with Gasteiger partial charge in [0.1, 0.15) is 0 Å². The third kappa shape index (κ3) is 5.48. The van der Waals surface area contributed by atoms with Crippen molar-refractivity contribution in [1.82, 2.24) is 0 Å². The van der Waals surface area contributed by atoms with Crippen LogP contribution in [0.2, 0.25) is 0 Å². The van der Waals surface area contributed by atoms with Gasteiger partial charge in [0.15, 0.2) is 0 Å². The van der Waals surface area contributed by atoms with E-state index >= 15 is 0 Å². The van der Waals surface area contributed by atoms with Crippen molar-refractivity contribution in [3.05, 3.63) is 69.8 Å².